The minimum Gasteiger partial charge on any atom is -0.291 e. The van der Waals surface area contributed by atoms with Crippen LogP contribution in [0.1, 0.15) is 17.7 Å². The number of hydrogen-bond acceptors (Lipinski definition) is 4. The molecule has 0 unspecified atom stereocenters. The van der Waals surface area contributed by atoms with E-state index in [0.29, 0.717) is 11.6 Å². The second kappa shape index (κ2) is 6.49. The molecular weight excluding hydrogens is 240 g/mol. The van der Waals surface area contributed by atoms with Gasteiger partial charge in [0.25, 0.3) is 5.56 Å². The Morgan fingerprint density at radius 3 is 2.89 bits per heavy atom. The number of nitrogens with zero attached hydrogens (tertiary/aromatic N) is 2. The molecule has 0 bridgehead atoms. The first-order valence-corrected chi connectivity index (χ1v) is 6.13. The molecular formula is C14H16N4O. The van der Waals surface area contributed by atoms with Crippen molar-refractivity contribution in [2.24, 2.45) is 5.10 Å². The predicted molar refractivity (Wildman–Crippen MR) is 76.5 cm³/mol. The highest BCUT2D eigenvalue weighted by molar-refractivity contribution is 5.58. The van der Waals surface area contributed by atoms with Gasteiger partial charge in [-0.15, -0.1) is 0 Å². The van der Waals surface area contributed by atoms with Crippen LogP contribution >= 0.6 is 0 Å². The number of hydrazone groups is 1. The molecule has 1 aromatic carbocycles. The Hall–Kier alpha value is -2.43. The number of hydrogen-bond donors (Lipinski definition) is 2. The van der Waals surface area contributed by atoms with Crippen molar-refractivity contribution in [2.45, 2.75) is 19.8 Å². The van der Waals surface area contributed by atoms with Gasteiger partial charge in [0, 0.05) is 18.0 Å². The lowest BCUT2D eigenvalue weighted by Crippen LogP contribution is -2.10. The van der Waals surface area contributed by atoms with Gasteiger partial charge in [0.1, 0.15) is 0 Å². The number of benzene rings is 1. The molecule has 2 aromatic rings. The van der Waals surface area contributed by atoms with Gasteiger partial charge in [0.2, 0.25) is 5.95 Å². The van der Waals surface area contributed by atoms with Crippen molar-refractivity contribution >= 4 is 12.2 Å². The minimum atomic E-state index is -0.186. The minimum absolute atomic E-state index is 0.186. The Morgan fingerprint density at radius 2 is 2.16 bits per heavy atom. The van der Waals surface area contributed by atoms with Crippen LogP contribution in [0.4, 0.5) is 5.95 Å². The van der Waals surface area contributed by atoms with E-state index < -0.39 is 0 Å². The quantitative estimate of drug-likeness (QED) is 0.636. The van der Waals surface area contributed by atoms with E-state index in [0.717, 1.165) is 12.8 Å². The lowest BCUT2D eigenvalue weighted by atomic mass is 10.1. The van der Waals surface area contributed by atoms with Crippen molar-refractivity contribution in [3.63, 3.8) is 0 Å². The molecule has 0 saturated carbocycles. The average molecular weight is 256 g/mol. The highest BCUT2D eigenvalue weighted by Gasteiger charge is 1.95. The van der Waals surface area contributed by atoms with Crippen LogP contribution in [0.5, 0.6) is 0 Å². The third-order valence-corrected chi connectivity index (χ3v) is 2.54. The van der Waals surface area contributed by atoms with Gasteiger partial charge >= 0.3 is 0 Å². The standard InChI is InChI=1S/C14H16N4O/c1-11-10-13(19)17-14(16-11)18-15-9-5-8-12-6-3-2-4-7-12/h2-4,6-7,9-10H,5,8H2,1H3,(H2,16,17,18,19)/b15-9+. The number of aryl methyl sites for hydroxylation is 2. The van der Waals surface area contributed by atoms with E-state index in [9.17, 15) is 4.79 Å². The second-order valence-corrected chi connectivity index (χ2v) is 4.18. The number of rotatable bonds is 5. The van der Waals surface area contributed by atoms with E-state index >= 15 is 0 Å². The van der Waals surface area contributed by atoms with Gasteiger partial charge in [-0.3, -0.25) is 9.78 Å². The van der Waals surface area contributed by atoms with Crippen molar-refractivity contribution in [1.29, 1.82) is 0 Å². The zero-order chi connectivity index (χ0) is 13.5. The normalized spacial score (nSPS) is 10.8. The Bertz CT molecular complexity index is 604. The number of H-pyrrole nitrogens is 1. The summed E-state index contributed by atoms with van der Waals surface area (Å²) in [5, 5.41) is 4.03. The zero-order valence-electron chi connectivity index (χ0n) is 10.8. The molecule has 0 aliphatic heterocycles. The summed E-state index contributed by atoms with van der Waals surface area (Å²) in [6, 6.07) is 11.6. The average Bonchev–Trinajstić information content (AvgIpc) is 2.38. The van der Waals surface area contributed by atoms with Crippen molar-refractivity contribution in [1.82, 2.24) is 9.97 Å². The van der Waals surface area contributed by atoms with Gasteiger partial charge in [-0.1, -0.05) is 30.3 Å². The molecule has 1 aromatic heterocycles. The molecule has 2 rings (SSSR count). The molecule has 98 valence electrons. The summed E-state index contributed by atoms with van der Waals surface area (Å²) >= 11 is 0. The Labute approximate surface area is 111 Å². The third-order valence-electron chi connectivity index (χ3n) is 2.54. The molecule has 0 spiro atoms. The van der Waals surface area contributed by atoms with Crippen LogP contribution in [0.2, 0.25) is 0 Å². The second-order valence-electron chi connectivity index (χ2n) is 4.18. The molecule has 0 fully saturated rings. The summed E-state index contributed by atoms with van der Waals surface area (Å²) in [4.78, 5) is 17.9. The molecule has 0 aliphatic rings. The third kappa shape index (κ3) is 4.39. The monoisotopic (exact) mass is 256 g/mol. The smallest absolute Gasteiger partial charge is 0.252 e. The van der Waals surface area contributed by atoms with Crippen LogP contribution in [0.25, 0.3) is 0 Å². The molecule has 0 saturated heterocycles. The van der Waals surface area contributed by atoms with E-state index in [-0.39, 0.29) is 5.56 Å². The van der Waals surface area contributed by atoms with Crippen molar-refractivity contribution in [3.8, 4) is 0 Å². The lowest BCUT2D eigenvalue weighted by Gasteiger charge is -2.00. The fraction of sp³-hybridized carbons (Fsp3) is 0.214. The number of aromatic nitrogens is 2. The molecule has 1 heterocycles. The van der Waals surface area contributed by atoms with Gasteiger partial charge in [-0.05, 0) is 25.3 Å². The van der Waals surface area contributed by atoms with E-state index in [1.54, 1.807) is 13.1 Å². The maximum absolute atomic E-state index is 11.2. The van der Waals surface area contributed by atoms with Crippen LogP contribution in [0.3, 0.4) is 0 Å². The maximum Gasteiger partial charge on any atom is 0.252 e. The molecule has 5 heteroatoms. The van der Waals surface area contributed by atoms with Gasteiger partial charge in [0.05, 0.1) is 0 Å². The van der Waals surface area contributed by atoms with E-state index in [2.05, 4.69) is 32.6 Å². The summed E-state index contributed by atoms with van der Waals surface area (Å²) in [5.74, 6) is 0.362. The van der Waals surface area contributed by atoms with Crippen LogP contribution in [0, 0.1) is 6.92 Å². The van der Waals surface area contributed by atoms with Crippen LogP contribution < -0.4 is 11.0 Å². The molecule has 19 heavy (non-hydrogen) atoms. The van der Waals surface area contributed by atoms with E-state index in [1.165, 1.54) is 11.6 Å². The zero-order valence-corrected chi connectivity index (χ0v) is 10.8. The Kier molecular flexibility index (Phi) is 4.44. The van der Waals surface area contributed by atoms with E-state index in [1.807, 2.05) is 18.2 Å². The fourth-order valence-corrected chi connectivity index (χ4v) is 1.68. The molecule has 0 amide bonds. The van der Waals surface area contributed by atoms with Gasteiger partial charge < -0.3 is 0 Å². The Morgan fingerprint density at radius 1 is 1.37 bits per heavy atom. The van der Waals surface area contributed by atoms with Crippen LogP contribution in [-0.2, 0) is 6.42 Å². The first-order valence-electron chi connectivity index (χ1n) is 6.13. The van der Waals surface area contributed by atoms with Crippen molar-refractivity contribution in [2.75, 3.05) is 5.43 Å². The summed E-state index contributed by atoms with van der Waals surface area (Å²) in [6.07, 6.45) is 3.53. The van der Waals surface area contributed by atoms with Crippen molar-refractivity contribution < 1.29 is 0 Å². The molecule has 0 radical (unpaired) electrons. The summed E-state index contributed by atoms with van der Waals surface area (Å²) in [6.45, 7) is 1.76. The molecule has 0 atom stereocenters. The maximum atomic E-state index is 11.2. The highest BCUT2D eigenvalue weighted by Crippen LogP contribution is 2.01. The number of nitrogens with one attached hydrogen (secondary N) is 2. The van der Waals surface area contributed by atoms with E-state index in [4.69, 9.17) is 0 Å². The van der Waals surface area contributed by atoms with Gasteiger partial charge in [-0.2, -0.15) is 5.10 Å². The molecule has 5 nitrogen and oxygen atoms in total. The largest absolute Gasteiger partial charge is 0.291 e. The molecule has 0 aliphatic carbocycles. The summed E-state index contributed by atoms with van der Waals surface area (Å²) in [7, 11) is 0. The highest BCUT2D eigenvalue weighted by atomic mass is 16.1. The fourth-order valence-electron chi connectivity index (χ4n) is 1.68. The predicted octanol–water partition coefficient (Wildman–Crippen LogP) is 2.11. The van der Waals surface area contributed by atoms with Crippen molar-refractivity contribution in [3.05, 3.63) is 58.0 Å². The van der Waals surface area contributed by atoms with Crippen LogP contribution in [0.15, 0.2) is 46.3 Å². The first-order chi connectivity index (χ1) is 9.24. The summed E-state index contributed by atoms with van der Waals surface area (Å²) in [5.41, 5.74) is 4.46. The molecule has 2 N–H and O–H groups in total. The lowest BCUT2D eigenvalue weighted by molar-refractivity contribution is 1.02. The Balaban J connectivity index is 1.82. The SMILES string of the molecule is Cc1cc(=O)[nH]c(N/N=C/CCc2ccccc2)n1. The first kappa shape index (κ1) is 13.0. The number of anilines is 1. The number of aromatic amines is 1. The summed E-state index contributed by atoms with van der Waals surface area (Å²) < 4.78 is 0. The topological polar surface area (TPSA) is 70.1 Å². The van der Waals surface area contributed by atoms with Gasteiger partial charge in [-0.25, -0.2) is 10.4 Å². The van der Waals surface area contributed by atoms with Gasteiger partial charge in [0.15, 0.2) is 0 Å². The van der Waals surface area contributed by atoms with Crippen LogP contribution in [-0.4, -0.2) is 16.2 Å².